The molecule has 3 N–H and O–H groups in total. The summed E-state index contributed by atoms with van der Waals surface area (Å²) in [4.78, 5) is 22.9. The van der Waals surface area contributed by atoms with Crippen LogP contribution in [0.4, 0.5) is 0 Å². The highest BCUT2D eigenvalue weighted by Crippen LogP contribution is 2.16. The summed E-state index contributed by atoms with van der Waals surface area (Å²) in [6, 6.07) is 6.59. The van der Waals surface area contributed by atoms with Gasteiger partial charge in [-0.3, -0.25) is 13.9 Å². The number of hydrogen-bond donors (Lipinski definition) is 2. The second kappa shape index (κ2) is 5.97. The molecule has 6 heteroatoms. The second-order valence-electron chi connectivity index (χ2n) is 5.25. The molecular formula is C15H19N3O3. The molecule has 1 unspecified atom stereocenters. The van der Waals surface area contributed by atoms with E-state index in [0.717, 1.165) is 11.3 Å². The lowest BCUT2D eigenvalue weighted by molar-refractivity contribution is -0.137. The molecule has 1 heterocycles. The van der Waals surface area contributed by atoms with E-state index in [4.69, 9.17) is 10.8 Å². The summed E-state index contributed by atoms with van der Waals surface area (Å²) in [5.74, 6) is -0.934. The average molecular weight is 289 g/mol. The van der Waals surface area contributed by atoms with Crippen LogP contribution < -0.4 is 11.4 Å². The number of benzene rings is 1. The average Bonchev–Trinajstić information content (AvgIpc) is 2.80. The minimum absolute atomic E-state index is 0.0991. The van der Waals surface area contributed by atoms with Gasteiger partial charge in [0.05, 0.1) is 12.1 Å². The highest BCUT2D eigenvalue weighted by Gasteiger charge is 2.12. The maximum absolute atomic E-state index is 12.2. The standard InChI is InChI=1S/C15H19N3O3/c1-10(2)17-7-8-18(15(17)21)12-5-3-11(4-6-12)13(16)9-14(19)20/h3-8,10,13H,9,16H2,1-2H3,(H,19,20). The zero-order chi connectivity index (χ0) is 15.6. The monoisotopic (exact) mass is 289 g/mol. The highest BCUT2D eigenvalue weighted by molar-refractivity contribution is 5.67. The van der Waals surface area contributed by atoms with Gasteiger partial charge in [-0.05, 0) is 31.5 Å². The SMILES string of the molecule is CC(C)n1ccn(-c2ccc(C(N)CC(=O)O)cc2)c1=O. The molecule has 2 rings (SSSR count). The van der Waals surface area contributed by atoms with E-state index in [1.54, 1.807) is 45.8 Å². The topological polar surface area (TPSA) is 90.2 Å². The van der Waals surface area contributed by atoms with Crippen molar-refractivity contribution in [3.05, 3.63) is 52.7 Å². The van der Waals surface area contributed by atoms with Crippen LogP contribution in [0.25, 0.3) is 5.69 Å². The Hall–Kier alpha value is -2.34. The molecule has 0 aliphatic rings. The summed E-state index contributed by atoms with van der Waals surface area (Å²) in [6.45, 7) is 3.89. The Morgan fingerprint density at radius 1 is 1.24 bits per heavy atom. The molecule has 1 aromatic heterocycles. The van der Waals surface area contributed by atoms with E-state index in [-0.39, 0.29) is 18.2 Å². The number of aliphatic carboxylic acids is 1. The second-order valence-corrected chi connectivity index (χ2v) is 5.25. The number of imidazole rings is 1. The van der Waals surface area contributed by atoms with Gasteiger partial charge in [-0.25, -0.2) is 4.79 Å². The van der Waals surface area contributed by atoms with Gasteiger partial charge in [0, 0.05) is 24.5 Å². The van der Waals surface area contributed by atoms with Crippen LogP contribution >= 0.6 is 0 Å². The maximum Gasteiger partial charge on any atom is 0.332 e. The summed E-state index contributed by atoms with van der Waals surface area (Å²) in [5.41, 5.74) is 7.16. The molecule has 0 amide bonds. The van der Waals surface area contributed by atoms with Crippen LogP contribution in [0.15, 0.2) is 41.5 Å². The van der Waals surface area contributed by atoms with Gasteiger partial charge in [-0.1, -0.05) is 12.1 Å². The van der Waals surface area contributed by atoms with Crippen LogP contribution in [0.5, 0.6) is 0 Å². The van der Waals surface area contributed by atoms with E-state index < -0.39 is 12.0 Å². The Kier molecular flexibility index (Phi) is 4.28. The van der Waals surface area contributed by atoms with E-state index in [9.17, 15) is 9.59 Å². The quantitative estimate of drug-likeness (QED) is 0.876. The van der Waals surface area contributed by atoms with Crippen molar-refractivity contribution in [3.8, 4) is 5.69 Å². The first kappa shape index (κ1) is 15.1. The molecular weight excluding hydrogens is 270 g/mol. The van der Waals surface area contributed by atoms with Crippen LogP contribution in [0, 0.1) is 0 Å². The fraction of sp³-hybridized carbons (Fsp3) is 0.333. The third kappa shape index (κ3) is 3.22. The van der Waals surface area contributed by atoms with Gasteiger partial charge in [0.15, 0.2) is 0 Å². The zero-order valence-corrected chi connectivity index (χ0v) is 12.1. The molecule has 1 aromatic carbocycles. The van der Waals surface area contributed by atoms with Crippen LogP contribution in [-0.2, 0) is 4.79 Å². The van der Waals surface area contributed by atoms with Gasteiger partial charge in [0.25, 0.3) is 0 Å². The molecule has 6 nitrogen and oxygen atoms in total. The van der Waals surface area contributed by atoms with Gasteiger partial charge in [0.1, 0.15) is 0 Å². The van der Waals surface area contributed by atoms with Crippen LogP contribution in [0.1, 0.15) is 37.9 Å². The van der Waals surface area contributed by atoms with E-state index in [1.807, 2.05) is 13.8 Å². The van der Waals surface area contributed by atoms with Crippen LogP contribution in [0.3, 0.4) is 0 Å². The fourth-order valence-electron chi connectivity index (χ4n) is 2.17. The summed E-state index contributed by atoms with van der Waals surface area (Å²) in [6.07, 6.45) is 3.34. The number of aromatic nitrogens is 2. The first-order valence-electron chi connectivity index (χ1n) is 6.77. The Labute approximate surface area is 122 Å². The normalized spacial score (nSPS) is 12.6. The van der Waals surface area contributed by atoms with Crippen molar-refractivity contribution >= 4 is 5.97 Å². The molecule has 0 bridgehead atoms. The number of hydrogen-bond acceptors (Lipinski definition) is 3. The predicted molar refractivity (Wildman–Crippen MR) is 79.6 cm³/mol. The third-order valence-electron chi connectivity index (χ3n) is 3.35. The van der Waals surface area contributed by atoms with Crippen molar-refractivity contribution in [1.82, 2.24) is 9.13 Å². The van der Waals surface area contributed by atoms with Crippen molar-refractivity contribution < 1.29 is 9.90 Å². The van der Waals surface area contributed by atoms with E-state index in [0.29, 0.717) is 0 Å². The third-order valence-corrected chi connectivity index (χ3v) is 3.35. The van der Waals surface area contributed by atoms with E-state index in [1.165, 1.54) is 0 Å². The van der Waals surface area contributed by atoms with Crippen molar-refractivity contribution in [1.29, 1.82) is 0 Å². The Morgan fingerprint density at radius 3 is 2.33 bits per heavy atom. The highest BCUT2D eigenvalue weighted by atomic mass is 16.4. The van der Waals surface area contributed by atoms with E-state index >= 15 is 0 Å². The lowest BCUT2D eigenvalue weighted by atomic mass is 10.0. The Morgan fingerprint density at radius 2 is 1.86 bits per heavy atom. The molecule has 0 saturated carbocycles. The van der Waals surface area contributed by atoms with Gasteiger partial charge < -0.3 is 10.8 Å². The van der Waals surface area contributed by atoms with Gasteiger partial charge in [-0.15, -0.1) is 0 Å². The molecule has 2 aromatic rings. The smallest absolute Gasteiger partial charge is 0.332 e. The summed E-state index contributed by atoms with van der Waals surface area (Å²) < 4.78 is 3.19. The molecule has 0 spiro atoms. The first-order valence-corrected chi connectivity index (χ1v) is 6.77. The molecule has 0 fully saturated rings. The predicted octanol–water partition coefficient (Wildman–Crippen LogP) is 1.69. The van der Waals surface area contributed by atoms with Crippen molar-refractivity contribution in [2.24, 2.45) is 5.73 Å². The minimum Gasteiger partial charge on any atom is -0.481 e. The number of carboxylic acids is 1. The zero-order valence-electron chi connectivity index (χ0n) is 12.1. The van der Waals surface area contributed by atoms with Crippen LogP contribution in [0.2, 0.25) is 0 Å². The lowest BCUT2D eigenvalue weighted by Crippen LogP contribution is -2.24. The van der Waals surface area contributed by atoms with Crippen molar-refractivity contribution in [2.45, 2.75) is 32.4 Å². The summed E-state index contributed by atoms with van der Waals surface area (Å²) in [7, 11) is 0. The molecule has 21 heavy (non-hydrogen) atoms. The van der Waals surface area contributed by atoms with Crippen molar-refractivity contribution in [3.63, 3.8) is 0 Å². The molecule has 112 valence electrons. The number of nitrogens with two attached hydrogens (primary N) is 1. The van der Waals surface area contributed by atoms with E-state index in [2.05, 4.69) is 0 Å². The van der Waals surface area contributed by atoms with Gasteiger partial charge in [-0.2, -0.15) is 0 Å². The van der Waals surface area contributed by atoms with Gasteiger partial charge >= 0.3 is 11.7 Å². The Balaban J connectivity index is 2.27. The summed E-state index contributed by atoms with van der Waals surface area (Å²) >= 11 is 0. The number of nitrogens with zero attached hydrogens (tertiary/aromatic N) is 2. The Bertz CT molecular complexity index is 683. The van der Waals surface area contributed by atoms with Crippen molar-refractivity contribution in [2.75, 3.05) is 0 Å². The summed E-state index contributed by atoms with van der Waals surface area (Å²) in [5, 5.41) is 8.74. The molecule has 1 atom stereocenters. The lowest BCUT2D eigenvalue weighted by Gasteiger charge is -2.10. The fourth-order valence-corrected chi connectivity index (χ4v) is 2.17. The number of rotatable bonds is 5. The first-order chi connectivity index (χ1) is 9.90. The number of carbonyl (C=O) groups is 1. The van der Waals surface area contributed by atoms with Crippen LogP contribution in [-0.4, -0.2) is 20.2 Å². The molecule has 0 aliphatic heterocycles. The van der Waals surface area contributed by atoms with Gasteiger partial charge in [0.2, 0.25) is 0 Å². The molecule has 0 radical (unpaired) electrons. The molecule has 0 saturated heterocycles. The largest absolute Gasteiger partial charge is 0.481 e. The number of carboxylic acid groups (broad SMARTS) is 1. The minimum atomic E-state index is -0.934. The maximum atomic E-state index is 12.2. The molecule has 0 aliphatic carbocycles.